The molecule has 152 valence electrons. The van der Waals surface area contributed by atoms with E-state index >= 15 is 0 Å². The third kappa shape index (κ3) is 3.54. The average molecular weight is 434 g/mol. The summed E-state index contributed by atoms with van der Waals surface area (Å²) in [5.74, 6) is -0.970. The number of nitrogens with zero attached hydrogens (tertiary/aromatic N) is 2. The molecule has 0 aliphatic carbocycles. The maximum absolute atomic E-state index is 13.7. The number of pyridine rings is 1. The number of benzene rings is 2. The zero-order chi connectivity index (χ0) is 20.8. The number of rotatable bonds is 4. The second-order valence-corrected chi connectivity index (χ2v) is 10.9. The Labute approximate surface area is 168 Å². The van der Waals surface area contributed by atoms with Crippen molar-refractivity contribution in [3.8, 4) is 0 Å². The van der Waals surface area contributed by atoms with Crippen molar-refractivity contribution in [3.63, 3.8) is 0 Å². The first kappa shape index (κ1) is 19.6. The number of aliphatic hydroxyl groups excluding tert-OH is 1. The second kappa shape index (κ2) is 6.97. The normalized spacial score (nSPS) is 21.3. The van der Waals surface area contributed by atoms with E-state index in [1.165, 1.54) is 36.5 Å². The van der Waals surface area contributed by atoms with E-state index < -0.39 is 43.5 Å². The number of anilines is 2. The van der Waals surface area contributed by atoms with Crippen LogP contribution >= 0.6 is 0 Å². The third-order valence-corrected chi connectivity index (χ3v) is 8.46. The molecule has 0 saturated carbocycles. The van der Waals surface area contributed by atoms with Gasteiger partial charge in [-0.05, 0) is 36.4 Å². The first-order valence-electron chi connectivity index (χ1n) is 8.81. The van der Waals surface area contributed by atoms with Crippen LogP contribution in [0.25, 0.3) is 10.9 Å². The van der Waals surface area contributed by atoms with E-state index in [1.807, 2.05) is 0 Å². The van der Waals surface area contributed by atoms with Gasteiger partial charge in [0, 0.05) is 17.3 Å². The van der Waals surface area contributed by atoms with Crippen LogP contribution in [0.4, 0.5) is 11.4 Å². The van der Waals surface area contributed by atoms with Gasteiger partial charge in [-0.25, -0.2) is 16.8 Å². The molecule has 1 fully saturated rings. The van der Waals surface area contributed by atoms with Crippen molar-refractivity contribution in [2.45, 2.75) is 17.0 Å². The summed E-state index contributed by atoms with van der Waals surface area (Å²) in [4.78, 5) is 4.14. The van der Waals surface area contributed by atoms with Crippen LogP contribution in [-0.2, 0) is 19.9 Å². The van der Waals surface area contributed by atoms with Gasteiger partial charge in [0.15, 0.2) is 9.84 Å². The molecule has 8 nitrogen and oxygen atoms in total. The van der Waals surface area contributed by atoms with Gasteiger partial charge in [0.2, 0.25) is 0 Å². The molecule has 3 aromatic rings. The monoisotopic (exact) mass is 433 g/mol. The Morgan fingerprint density at radius 3 is 2.38 bits per heavy atom. The third-order valence-electron chi connectivity index (χ3n) is 4.87. The van der Waals surface area contributed by atoms with Gasteiger partial charge in [-0.1, -0.05) is 18.2 Å². The Morgan fingerprint density at radius 1 is 1.03 bits per heavy atom. The summed E-state index contributed by atoms with van der Waals surface area (Å²) in [7, 11) is -7.84. The molecule has 1 aliphatic rings. The molecule has 10 heteroatoms. The van der Waals surface area contributed by atoms with Crippen molar-refractivity contribution in [1.29, 1.82) is 0 Å². The summed E-state index contributed by atoms with van der Waals surface area (Å²) in [6, 6.07) is 13.1. The predicted octanol–water partition coefficient (Wildman–Crippen LogP) is 1.17. The molecule has 1 saturated heterocycles. The van der Waals surface area contributed by atoms with Crippen LogP contribution < -0.4 is 10.0 Å². The Bertz CT molecular complexity index is 1270. The van der Waals surface area contributed by atoms with E-state index in [9.17, 15) is 21.9 Å². The largest absolute Gasteiger partial charge is 0.399 e. The first-order chi connectivity index (χ1) is 13.7. The zero-order valence-corrected chi connectivity index (χ0v) is 16.8. The Hall–Kier alpha value is -2.69. The number of aliphatic hydroxyl groups is 1. The van der Waals surface area contributed by atoms with Gasteiger partial charge in [0.05, 0.1) is 34.9 Å². The van der Waals surface area contributed by atoms with Gasteiger partial charge in [-0.3, -0.25) is 9.29 Å². The second-order valence-electron chi connectivity index (χ2n) is 6.94. The van der Waals surface area contributed by atoms with Gasteiger partial charge in [-0.15, -0.1) is 0 Å². The summed E-state index contributed by atoms with van der Waals surface area (Å²) in [5, 5.41) is 11.0. The fraction of sp³-hybridized carbons (Fsp3) is 0.211. The maximum Gasteiger partial charge on any atom is 0.266 e. The summed E-state index contributed by atoms with van der Waals surface area (Å²) < 4.78 is 52.6. The molecule has 0 amide bonds. The van der Waals surface area contributed by atoms with Gasteiger partial charge in [0.25, 0.3) is 10.0 Å². The number of sulfone groups is 1. The van der Waals surface area contributed by atoms with Crippen LogP contribution in [-0.4, -0.2) is 50.6 Å². The highest BCUT2D eigenvalue weighted by Crippen LogP contribution is 2.33. The number of hydrogen-bond acceptors (Lipinski definition) is 7. The molecule has 2 atom stereocenters. The standard InChI is InChI=1S/C19H19N3O5S2/c20-14-6-8-15(9-7-14)22(16-11-28(24,25)12-17(16)23)29(26,27)18-5-1-3-13-4-2-10-21-19(13)18/h1-10,16-17,23H,11-12,20H2/t16-,17-/m0/s1. The van der Waals surface area contributed by atoms with Gasteiger partial charge < -0.3 is 10.8 Å². The SMILES string of the molecule is Nc1ccc(N([C@H]2CS(=O)(=O)C[C@@H]2O)S(=O)(=O)c2cccc3cccnc23)cc1. The highest BCUT2D eigenvalue weighted by Gasteiger charge is 2.45. The van der Waals surface area contributed by atoms with E-state index in [1.54, 1.807) is 24.3 Å². The van der Waals surface area contributed by atoms with Crippen LogP contribution in [0, 0.1) is 0 Å². The van der Waals surface area contributed by atoms with E-state index in [0.717, 1.165) is 4.31 Å². The molecule has 29 heavy (non-hydrogen) atoms. The number of nitrogen functional groups attached to an aromatic ring is 1. The summed E-state index contributed by atoms with van der Waals surface area (Å²) in [5.41, 5.74) is 6.64. The lowest BCUT2D eigenvalue weighted by atomic mass is 10.2. The van der Waals surface area contributed by atoms with Crippen LogP contribution in [0.3, 0.4) is 0 Å². The Morgan fingerprint density at radius 2 is 1.72 bits per heavy atom. The molecule has 0 spiro atoms. The van der Waals surface area contributed by atoms with Gasteiger partial charge in [-0.2, -0.15) is 0 Å². The van der Waals surface area contributed by atoms with Gasteiger partial charge >= 0.3 is 0 Å². The molecular formula is C19H19N3O5S2. The first-order valence-corrected chi connectivity index (χ1v) is 12.1. The Kier molecular flexibility index (Phi) is 4.72. The smallest absolute Gasteiger partial charge is 0.266 e. The molecular weight excluding hydrogens is 414 g/mol. The lowest BCUT2D eigenvalue weighted by Crippen LogP contribution is -2.47. The molecule has 0 unspecified atom stereocenters. The van der Waals surface area contributed by atoms with Crippen LogP contribution in [0.2, 0.25) is 0 Å². The molecule has 4 rings (SSSR count). The minimum absolute atomic E-state index is 0.0658. The molecule has 2 aromatic carbocycles. The number of fused-ring (bicyclic) bond motifs is 1. The van der Waals surface area contributed by atoms with Crippen molar-refractivity contribution >= 4 is 42.1 Å². The summed E-state index contributed by atoms with van der Waals surface area (Å²) in [6.07, 6.45) is 0.138. The minimum Gasteiger partial charge on any atom is -0.399 e. The number of nitrogens with two attached hydrogens (primary N) is 1. The maximum atomic E-state index is 13.7. The quantitative estimate of drug-likeness (QED) is 0.591. The van der Waals surface area contributed by atoms with Crippen molar-refractivity contribution in [3.05, 3.63) is 60.8 Å². The summed E-state index contributed by atoms with van der Waals surface area (Å²) >= 11 is 0. The fourth-order valence-corrected chi connectivity index (χ4v) is 7.27. The topological polar surface area (TPSA) is 131 Å². The number of para-hydroxylation sites is 1. The lowest BCUT2D eigenvalue weighted by Gasteiger charge is -2.31. The molecule has 0 bridgehead atoms. The number of sulfonamides is 1. The highest BCUT2D eigenvalue weighted by atomic mass is 32.2. The van der Waals surface area contributed by atoms with Crippen molar-refractivity contribution < 1.29 is 21.9 Å². The van der Waals surface area contributed by atoms with E-state index in [4.69, 9.17) is 5.73 Å². The highest BCUT2D eigenvalue weighted by molar-refractivity contribution is 7.93. The van der Waals surface area contributed by atoms with Crippen LogP contribution in [0.1, 0.15) is 0 Å². The lowest BCUT2D eigenvalue weighted by molar-refractivity contribution is 0.184. The molecule has 3 N–H and O–H groups in total. The fourth-order valence-electron chi connectivity index (χ4n) is 3.55. The van der Waals surface area contributed by atoms with Crippen LogP contribution in [0.5, 0.6) is 0 Å². The van der Waals surface area contributed by atoms with Gasteiger partial charge in [0.1, 0.15) is 4.90 Å². The van der Waals surface area contributed by atoms with Crippen LogP contribution in [0.15, 0.2) is 65.7 Å². The van der Waals surface area contributed by atoms with E-state index in [-0.39, 0.29) is 16.1 Å². The molecule has 2 heterocycles. The van der Waals surface area contributed by atoms with Crippen molar-refractivity contribution in [2.75, 3.05) is 21.5 Å². The van der Waals surface area contributed by atoms with Crippen molar-refractivity contribution in [2.24, 2.45) is 0 Å². The molecule has 0 radical (unpaired) electrons. The Balaban J connectivity index is 1.94. The summed E-state index contributed by atoms with van der Waals surface area (Å²) in [6.45, 7) is 0. The molecule has 1 aromatic heterocycles. The number of hydrogen-bond donors (Lipinski definition) is 2. The zero-order valence-electron chi connectivity index (χ0n) is 15.2. The number of aromatic nitrogens is 1. The average Bonchev–Trinajstić information content (AvgIpc) is 2.95. The van der Waals surface area contributed by atoms with Crippen molar-refractivity contribution in [1.82, 2.24) is 4.98 Å². The van der Waals surface area contributed by atoms with E-state index in [2.05, 4.69) is 4.98 Å². The predicted molar refractivity (Wildman–Crippen MR) is 111 cm³/mol. The van der Waals surface area contributed by atoms with E-state index in [0.29, 0.717) is 11.1 Å². The molecule has 1 aliphatic heterocycles. The minimum atomic E-state index is -4.25.